The molecule has 0 atom stereocenters. The molecule has 1 fully saturated rings. The molecule has 0 bridgehead atoms. The van der Waals surface area contributed by atoms with Gasteiger partial charge in [-0.25, -0.2) is 24.3 Å². The Morgan fingerprint density at radius 3 is 2.53 bits per heavy atom. The molecule has 2 aromatic carbocycles. The standard InChI is InChI=1S/C35H38N8O3Si/c1-47(2,3)21-20-46-25-43-35(44)42(24-37-43)30-14-9-27(10-15-30)32-22-36-33(40-16-18-45-19-17-40)34-39-29(23-41(32)34)13-12-28-11-8-26-6-4-5-7-31(26)38-28/h4-15,22-24H,16-21,25H2,1-3H3. The number of hydrogen-bond acceptors (Lipinski definition) is 8. The Bertz CT molecular complexity index is 2100. The highest BCUT2D eigenvalue weighted by atomic mass is 28.3. The van der Waals surface area contributed by atoms with Gasteiger partial charge in [-0.3, -0.25) is 4.40 Å². The molecule has 5 heterocycles. The van der Waals surface area contributed by atoms with Gasteiger partial charge in [0.2, 0.25) is 0 Å². The Hall–Kier alpha value is -4.91. The van der Waals surface area contributed by atoms with Crippen LogP contribution in [0.5, 0.6) is 0 Å². The van der Waals surface area contributed by atoms with Crippen molar-refractivity contribution in [2.24, 2.45) is 0 Å². The number of imidazole rings is 1. The monoisotopic (exact) mass is 646 g/mol. The van der Waals surface area contributed by atoms with Gasteiger partial charge in [0.05, 0.1) is 47.7 Å². The van der Waals surface area contributed by atoms with E-state index in [4.69, 9.17) is 24.4 Å². The van der Waals surface area contributed by atoms with Crippen LogP contribution < -0.4 is 10.6 Å². The van der Waals surface area contributed by atoms with Crippen LogP contribution in [0.25, 0.3) is 45.6 Å². The summed E-state index contributed by atoms with van der Waals surface area (Å²) in [5.74, 6) is 0.822. The second-order valence-corrected chi connectivity index (χ2v) is 18.5. The molecule has 47 heavy (non-hydrogen) atoms. The minimum atomic E-state index is -1.21. The minimum absolute atomic E-state index is 0.141. The van der Waals surface area contributed by atoms with Gasteiger partial charge in [-0.2, -0.15) is 9.78 Å². The number of aromatic nitrogens is 7. The highest BCUT2D eigenvalue weighted by Crippen LogP contribution is 2.28. The summed E-state index contributed by atoms with van der Waals surface area (Å²) in [6.07, 6.45) is 9.42. The maximum atomic E-state index is 13.1. The fourth-order valence-corrected chi connectivity index (χ4v) is 6.30. The van der Waals surface area contributed by atoms with Crippen molar-refractivity contribution in [2.45, 2.75) is 32.4 Å². The number of morpholine rings is 1. The number of rotatable bonds is 10. The highest BCUT2D eigenvalue weighted by molar-refractivity contribution is 6.76. The predicted octanol–water partition coefficient (Wildman–Crippen LogP) is 5.61. The maximum absolute atomic E-state index is 13.1. The van der Waals surface area contributed by atoms with E-state index in [9.17, 15) is 4.79 Å². The third kappa shape index (κ3) is 6.80. The lowest BCUT2D eigenvalue weighted by molar-refractivity contribution is 0.0757. The molecule has 0 radical (unpaired) electrons. The van der Waals surface area contributed by atoms with E-state index in [0.717, 1.165) is 69.8 Å². The van der Waals surface area contributed by atoms with Gasteiger partial charge in [-0.15, -0.1) is 0 Å². The largest absolute Gasteiger partial charge is 0.378 e. The summed E-state index contributed by atoms with van der Waals surface area (Å²) >= 11 is 0. The van der Waals surface area contributed by atoms with Crippen molar-refractivity contribution in [2.75, 3.05) is 37.8 Å². The van der Waals surface area contributed by atoms with Crippen LogP contribution in [-0.2, 0) is 16.2 Å². The minimum Gasteiger partial charge on any atom is -0.378 e. The Morgan fingerprint density at radius 1 is 0.936 bits per heavy atom. The van der Waals surface area contributed by atoms with Gasteiger partial charge in [0.15, 0.2) is 11.5 Å². The van der Waals surface area contributed by atoms with E-state index < -0.39 is 8.07 Å². The molecule has 1 aliphatic heterocycles. The number of fused-ring (bicyclic) bond motifs is 2. The average Bonchev–Trinajstić information content (AvgIpc) is 3.68. The zero-order valence-corrected chi connectivity index (χ0v) is 27.9. The topological polar surface area (TPSA) is 105 Å². The lowest BCUT2D eigenvalue weighted by atomic mass is 10.1. The van der Waals surface area contributed by atoms with Crippen molar-refractivity contribution < 1.29 is 9.47 Å². The van der Waals surface area contributed by atoms with Crippen LogP contribution in [0.4, 0.5) is 5.82 Å². The third-order valence-electron chi connectivity index (χ3n) is 8.23. The maximum Gasteiger partial charge on any atom is 0.352 e. The fraction of sp³-hybridized carbons (Fsp3) is 0.286. The lowest BCUT2D eigenvalue weighted by Gasteiger charge is -2.28. The number of nitrogens with zero attached hydrogens (tertiary/aromatic N) is 8. The molecule has 1 saturated heterocycles. The second-order valence-electron chi connectivity index (χ2n) is 12.9. The molecule has 0 N–H and O–H groups in total. The predicted molar refractivity (Wildman–Crippen MR) is 188 cm³/mol. The molecule has 4 aromatic heterocycles. The van der Waals surface area contributed by atoms with E-state index in [-0.39, 0.29) is 12.4 Å². The van der Waals surface area contributed by atoms with E-state index in [1.54, 1.807) is 0 Å². The van der Waals surface area contributed by atoms with Crippen molar-refractivity contribution in [1.29, 1.82) is 0 Å². The summed E-state index contributed by atoms with van der Waals surface area (Å²) in [7, 11) is -1.21. The molecule has 0 unspecified atom stereocenters. The van der Waals surface area contributed by atoms with Crippen molar-refractivity contribution in [3.8, 4) is 16.9 Å². The van der Waals surface area contributed by atoms with Gasteiger partial charge in [0.1, 0.15) is 13.1 Å². The van der Waals surface area contributed by atoms with Gasteiger partial charge in [0.25, 0.3) is 0 Å². The van der Waals surface area contributed by atoms with Crippen LogP contribution in [0.1, 0.15) is 11.4 Å². The summed E-state index contributed by atoms with van der Waals surface area (Å²) in [6, 6.07) is 21.0. The summed E-state index contributed by atoms with van der Waals surface area (Å²) in [5.41, 5.74) is 5.69. The van der Waals surface area contributed by atoms with Gasteiger partial charge < -0.3 is 14.4 Å². The summed E-state index contributed by atoms with van der Waals surface area (Å²) in [6.45, 7) is 10.5. The van der Waals surface area contributed by atoms with Crippen molar-refractivity contribution >= 4 is 42.6 Å². The average molecular weight is 647 g/mol. The summed E-state index contributed by atoms with van der Waals surface area (Å²) in [5, 5.41) is 5.37. The second kappa shape index (κ2) is 13.1. The van der Waals surface area contributed by atoms with Crippen molar-refractivity contribution in [3.05, 3.63) is 101 Å². The number of ether oxygens (including phenoxy) is 2. The molecule has 6 aromatic rings. The molecular formula is C35H38N8O3Si. The first-order valence-electron chi connectivity index (χ1n) is 15.9. The quantitative estimate of drug-likeness (QED) is 0.140. The van der Waals surface area contributed by atoms with E-state index in [0.29, 0.717) is 19.8 Å². The molecular weight excluding hydrogens is 609 g/mol. The van der Waals surface area contributed by atoms with E-state index in [2.05, 4.69) is 46.2 Å². The number of benzene rings is 2. The highest BCUT2D eigenvalue weighted by Gasteiger charge is 2.20. The number of para-hydroxylation sites is 1. The SMILES string of the molecule is C[Si](C)(C)CCOCn1ncn(-c2ccc(-c3cnc(N4CCOCC4)c4nc(C=Cc5ccc6ccccc6n5)cn34)cc2)c1=O. The number of hydrogen-bond donors (Lipinski definition) is 0. The number of pyridine rings is 1. The summed E-state index contributed by atoms with van der Waals surface area (Å²) < 4.78 is 16.3. The summed E-state index contributed by atoms with van der Waals surface area (Å²) in [4.78, 5) is 30.0. The van der Waals surface area contributed by atoms with E-state index in [1.165, 1.54) is 15.6 Å². The molecule has 0 aliphatic carbocycles. The molecule has 1 aliphatic rings. The molecule has 0 amide bonds. The van der Waals surface area contributed by atoms with Crippen LogP contribution in [0.3, 0.4) is 0 Å². The van der Waals surface area contributed by atoms with Gasteiger partial charge >= 0.3 is 5.69 Å². The van der Waals surface area contributed by atoms with Gasteiger partial charge in [-0.1, -0.05) is 56.0 Å². The van der Waals surface area contributed by atoms with E-state index >= 15 is 0 Å². The van der Waals surface area contributed by atoms with Crippen LogP contribution in [-0.4, -0.2) is 74.7 Å². The Balaban J connectivity index is 1.17. The Kier molecular flexibility index (Phi) is 8.54. The molecule has 240 valence electrons. The van der Waals surface area contributed by atoms with Crippen molar-refractivity contribution in [3.63, 3.8) is 0 Å². The third-order valence-corrected chi connectivity index (χ3v) is 9.94. The number of anilines is 1. The molecule has 0 saturated carbocycles. The lowest BCUT2D eigenvalue weighted by Crippen LogP contribution is -2.37. The smallest absolute Gasteiger partial charge is 0.352 e. The van der Waals surface area contributed by atoms with Crippen LogP contribution in [0.2, 0.25) is 25.7 Å². The zero-order chi connectivity index (χ0) is 32.4. The van der Waals surface area contributed by atoms with Crippen LogP contribution >= 0.6 is 0 Å². The fourth-order valence-electron chi connectivity index (χ4n) is 5.54. The normalized spacial score (nSPS) is 14.1. The van der Waals surface area contributed by atoms with E-state index in [1.807, 2.05) is 73.1 Å². The first kappa shape index (κ1) is 30.7. The van der Waals surface area contributed by atoms with Crippen molar-refractivity contribution in [1.82, 2.24) is 33.7 Å². The zero-order valence-electron chi connectivity index (χ0n) is 26.9. The first-order chi connectivity index (χ1) is 22.8. The molecule has 7 rings (SSSR count). The Morgan fingerprint density at radius 2 is 1.72 bits per heavy atom. The van der Waals surface area contributed by atoms with Gasteiger partial charge in [-0.05, 0) is 42.5 Å². The van der Waals surface area contributed by atoms with Gasteiger partial charge in [0, 0.05) is 44.9 Å². The first-order valence-corrected chi connectivity index (χ1v) is 19.6. The molecule has 0 spiro atoms. The Labute approximate surface area is 273 Å². The van der Waals surface area contributed by atoms with Crippen LogP contribution in [0, 0.1) is 0 Å². The van der Waals surface area contributed by atoms with Crippen LogP contribution in [0.15, 0.2) is 84.2 Å². The molecule has 11 nitrogen and oxygen atoms in total. The molecule has 12 heteroatoms.